The Morgan fingerprint density at radius 2 is 1.89 bits per heavy atom. The van der Waals surface area contributed by atoms with Crippen LogP contribution in [0.1, 0.15) is 43.7 Å². The molecule has 2 heteroatoms. The Labute approximate surface area is 117 Å². The summed E-state index contributed by atoms with van der Waals surface area (Å²) in [7, 11) is 0. The van der Waals surface area contributed by atoms with E-state index in [1.54, 1.807) is 11.1 Å². The first-order chi connectivity index (χ1) is 8.34. The number of fused-ring (bicyclic) bond motifs is 1. The minimum atomic E-state index is 0. The highest BCUT2D eigenvalue weighted by Crippen LogP contribution is 2.39. The van der Waals surface area contributed by atoms with Crippen molar-refractivity contribution in [3.8, 4) is 0 Å². The molecule has 1 aromatic rings. The van der Waals surface area contributed by atoms with Crippen molar-refractivity contribution in [1.29, 1.82) is 0 Å². The molecule has 0 bridgehead atoms. The van der Waals surface area contributed by atoms with E-state index in [1.807, 2.05) is 0 Å². The molecular formula is C16H24ClN. The Hall–Kier alpha value is -0.530. The van der Waals surface area contributed by atoms with Gasteiger partial charge in [-0.3, -0.25) is 4.90 Å². The maximum absolute atomic E-state index is 2.76. The molecule has 0 N–H and O–H groups in total. The lowest BCUT2D eigenvalue weighted by atomic mass is 9.72. The predicted molar refractivity (Wildman–Crippen MR) is 79.5 cm³/mol. The van der Waals surface area contributed by atoms with E-state index in [9.17, 15) is 0 Å². The second kappa shape index (κ2) is 5.63. The first-order valence-corrected chi connectivity index (χ1v) is 7.16. The molecule has 1 heterocycles. The third-order valence-electron chi connectivity index (χ3n) is 4.87. The smallest absolute Gasteiger partial charge is 0.0253 e. The molecule has 1 fully saturated rings. The predicted octanol–water partition coefficient (Wildman–Crippen LogP) is 3.84. The molecular weight excluding hydrogens is 242 g/mol. The number of hydrogen-bond acceptors (Lipinski definition) is 1. The molecule has 1 aliphatic heterocycles. The Kier molecular flexibility index (Phi) is 4.34. The Bertz CT molecular complexity index is 404. The van der Waals surface area contributed by atoms with Crippen LogP contribution in [-0.4, -0.2) is 23.5 Å². The third kappa shape index (κ3) is 2.31. The van der Waals surface area contributed by atoms with E-state index in [-0.39, 0.29) is 12.4 Å². The van der Waals surface area contributed by atoms with Gasteiger partial charge in [-0.25, -0.2) is 0 Å². The summed E-state index contributed by atoms with van der Waals surface area (Å²) < 4.78 is 0. The van der Waals surface area contributed by atoms with Crippen molar-refractivity contribution in [2.75, 3.05) is 13.1 Å². The normalized spacial score (nSPS) is 27.6. The number of likely N-dealkylation sites (N-methyl/N-ethyl adjacent to an activating group) is 1. The zero-order chi connectivity index (χ0) is 11.7. The molecule has 0 radical (unpaired) electrons. The highest BCUT2D eigenvalue weighted by atomic mass is 35.5. The molecule has 18 heavy (non-hydrogen) atoms. The molecule has 1 saturated heterocycles. The van der Waals surface area contributed by atoms with Gasteiger partial charge in [0.1, 0.15) is 0 Å². The van der Waals surface area contributed by atoms with Gasteiger partial charge in [0.05, 0.1) is 0 Å². The fourth-order valence-electron chi connectivity index (χ4n) is 3.91. The summed E-state index contributed by atoms with van der Waals surface area (Å²) >= 11 is 0. The number of hydrogen-bond donors (Lipinski definition) is 0. The van der Waals surface area contributed by atoms with Crippen molar-refractivity contribution in [1.82, 2.24) is 4.90 Å². The summed E-state index contributed by atoms with van der Waals surface area (Å²) in [4.78, 5) is 2.76. The van der Waals surface area contributed by atoms with E-state index >= 15 is 0 Å². The van der Waals surface area contributed by atoms with Gasteiger partial charge in [-0.05, 0) is 56.3 Å². The van der Waals surface area contributed by atoms with Crippen LogP contribution in [0.5, 0.6) is 0 Å². The SMILES string of the molecule is CCN1CCCCC12CCc1ccccc1C2.Cl. The zero-order valence-electron chi connectivity index (χ0n) is 11.3. The van der Waals surface area contributed by atoms with Crippen molar-refractivity contribution in [3.05, 3.63) is 35.4 Å². The summed E-state index contributed by atoms with van der Waals surface area (Å²) in [6.07, 6.45) is 8.19. The summed E-state index contributed by atoms with van der Waals surface area (Å²) in [6.45, 7) is 4.87. The van der Waals surface area contributed by atoms with Gasteiger partial charge in [0.2, 0.25) is 0 Å². The van der Waals surface area contributed by atoms with Gasteiger partial charge >= 0.3 is 0 Å². The number of piperidine rings is 1. The van der Waals surface area contributed by atoms with Crippen LogP contribution in [0, 0.1) is 0 Å². The average Bonchev–Trinajstić information content (AvgIpc) is 2.39. The van der Waals surface area contributed by atoms with Gasteiger partial charge in [0.25, 0.3) is 0 Å². The lowest BCUT2D eigenvalue weighted by Gasteiger charge is -2.49. The lowest BCUT2D eigenvalue weighted by molar-refractivity contribution is 0.0389. The Morgan fingerprint density at radius 3 is 2.67 bits per heavy atom. The maximum Gasteiger partial charge on any atom is 0.0253 e. The van der Waals surface area contributed by atoms with Gasteiger partial charge < -0.3 is 0 Å². The van der Waals surface area contributed by atoms with Gasteiger partial charge in [-0.15, -0.1) is 12.4 Å². The van der Waals surface area contributed by atoms with Crippen LogP contribution < -0.4 is 0 Å². The zero-order valence-corrected chi connectivity index (χ0v) is 12.1. The number of aryl methyl sites for hydroxylation is 1. The van der Waals surface area contributed by atoms with Crippen molar-refractivity contribution in [2.24, 2.45) is 0 Å². The van der Waals surface area contributed by atoms with Gasteiger partial charge in [0.15, 0.2) is 0 Å². The fourth-order valence-corrected chi connectivity index (χ4v) is 3.91. The summed E-state index contributed by atoms with van der Waals surface area (Å²) in [5, 5.41) is 0. The fraction of sp³-hybridized carbons (Fsp3) is 0.625. The van der Waals surface area contributed by atoms with E-state index in [0.29, 0.717) is 5.54 Å². The summed E-state index contributed by atoms with van der Waals surface area (Å²) in [5.74, 6) is 0. The molecule has 1 atom stereocenters. The molecule has 2 aliphatic rings. The van der Waals surface area contributed by atoms with Crippen molar-refractivity contribution in [3.63, 3.8) is 0 Å². The number of rotatable bonds is 1. The standard InChI is InChI=1S/C16H23N.ClH/c1-2-17-12-6-5-10-16(17)11-9-14-7-3-4-8-15(14)13-16;/h3-4,7-8H,2,5-6,9-13H2,1H3;1H. The van der Waals surface area contributed by atoms with Crippen LogP contribution >= 0.6 is 12.4 Å². The van der Waals surface area contributed by atoms with Crippen molar-refractivity contribution in [2.45, 2.75) is 51.0 Å². The number of nitrogens with zero attached hydrogens (tertiary/aromatic N) is 1. The molecule has 1 aliphatic carbocycles. The molecule has 0 amide bonds. The highest BCUT2D eigenvalue weighted by Gasteiger charge is 2.40. The van der Waals surface area contributed by atoms with E-state index in [4.69, 9.17) is 0 Å². The van der Waals surface area contributed by atoms with Crippen LogP contribution in [0.2, 0.25) is 0 Å². The molecule has 100 valence electrons. The monoisotopic (exact) mass is 265 g/mol. The van der Waals surface area contributed by atoms with E-state index in [0.717, 1.165) is 0 Å². The van der Waals surface area contributed by atoms with Crippen LogP contribution in [0.4, 0.5) is 0 Å². The van der Waals surface area contributed by atoms with Crippen molar-refractivity contribution >= 4 is 12.4 Å². The Balaban J connectivity index is 0.00000120. The minimum Gasteiger partial charge on any atom is -0.298 e. The third-order valence-corrected chi connectivity index (χ3v) is 4.87. The summed E-state index contributed by atoms with van der Waals surface area (Å²) in [6, 6.07) is 9.06. The van der Waals surface area contributed by atoms with Gasteiger partial charge in [-0.2, -0.15) is 0 Å². The van der Waals surface area contributed by atoms with Crippen molar-refractivity contribution < 1.29 is 0 Å². The number of likely N-dealkylation sites (tertiary alicyclic amines) is 1. The molecule has 1 spiro atoms. The highest BCUT2D eigenvalue weighted by molar-refractivity contribution is 5.85. The first kappa shape index (κ1) is 13.9. The molecule has 3 rings (SSSR count). The largest absolute Gasteiger partial charge is 0.298 e. The van der Waals surface area contributed by atoms with Crippen LogP contribution in [0.15, 0.2) is 24.3 Å². The molecule has 0 saturated carbocycles. The minimum absolute atomic E-state index is 0. The number of halogens is 1. The van der Waals surface area contributed by atoms with Gasteiger partial charge in [-0.1, -0.05) is 37.6 Å². The molecule has 1 aromatic carbocycles. The second-order valence-electron chi connectivity index (χ2n) is 5.71. The quantitative estimate of drug-likeness (QED) is 0.746. The lowest BCUT2D eigenvalue weighted by Crippen LogP contribution is -2.54. The van der Waals surface area contributed by atoms with Crippen LogP contribution in [0.3, 0.4) is 0 Å². The maximum atomic E-state index is 2.76. The van der Waals surface area contributed by atoms with Gasteiger partial charge in [0, 0.05) is 5.54 Å². The first-order valence-electron chi connectivity index (χ1n) is 7.16. The molecule has 0 aromatic heterocycles. The molecule has 1 unspecified atom stereocenters. The second-order valence-corrected chi connectivity index (χ2v) is 5.71. The average molecular weight is 266 g/mol. The summed E-state index contributed by atoms with van der Waals surface area (Å²) in [5.41, 5.74) is 3.71. The molecule has 1 nitrogen and oxygen atoms in total. The number of benzene rings is 1. The van der Waals surface area contributed by atoms with E-state index in [2.05, 4.69) is 36.1 Å². The van der Waals surface area contributed by atoms with E-state index < -0.39 is 0 Å². The Morgan fingerprint density at radius 1 is 1.11 bits per heavy atom. The topological polar surface area (TPSA) is 3.24 Å². The van der Waals surface area contributed by atoms with Crippen LogP contribution in [-0.2, 0) is 12.8 Å². The van der Waals surface area contributed by atoms with Crippen LogP contribution in [0.25, 0.3) is 0 Å². The van der Waals surface area contributed by atoms with E-state index in [1.165, 1.54) is 51.6 Å².